The standard InChI is InChI=1S/C8H16N2/c1-4-9-6-7-2-3-8(7)10-5-1/h7-10H,1-6H2. The Hall–Kier alpha value is -0.0800. The summed E-state index contributed by atoms with van der Waals surface area (Å²) in [7, 11) is 0. The number of hydrogen-bond donors (Lipinski definition) is 2. The van der Waals surface area contributed by atoms with E-state index in [-0.39, 0.29) is 0 Å². The summed E-state index contributed by atoms with van der Waals surface area (Å²) in [5, 5.41) is 7.06. The van der Waals surface area contributed by atoms with E-state index in [1.54, 1.807) is 0 Å². The van der Waals surface area contributed by atoms with Gasteiger partial charge in [-0.15, -0.1) is 0 Å². The molecule has 0 radical (unpaired) electrons. The van der Waals surface area contributed by atoms with E-state index in [0.29, 0.717) is 0 Å². The summed E-state index contributed by atoms with van der Waals surface area (Å²) >= 11 is 0. The maximum atomic E-state index is 3.58. The summed E-state index contributed by atoms with van der Waals surface area (Å²) in [4.78, 5) is 0. The Morgan fingerprint density at radius 1 is 1.10 bits per heavy atom. The molecule has 0 aromatic rings. The molecule has 0 aromatic heterocycles. The third-order valence-corrected chi connectivity index (χ3v) is 2.76. The minimum Gasteiger partial charge on any atom is -0.316 e. The summed E-state index contributed by atoms with van der Waals surface area (Å²) in [6.07, 6.45) is 4.14. The van der Waals surface area contributed by atoms with Crippen LogP contribution in [0.2, 0.25) is 0 Å². The number of nitrogens with one attached hydrogen (secondary N) is 2. The van der Waals surface area contributed by atoms with Crippen LogP contribution in [0, 0.1) is 5.92 Å². The van der Waals surface area contributed by atoms with Crippen molar-refractivity contribution in [3.8, 4) is 0 Å². The fourth-order valence-corrected chi connectivity index (χ4v) is 1.87. The van der Waals surface area contributed by atoms with Crippen molar-refractivity contribution in [3.63, 3.8) is 0 Å². The fraction of sp³-hybridized carbons (Fsp3) is 1.00. The summed E-state index contributed by atoms with van der Waals surface area (Å²) in [6.45, 7) is 3.67. The Labute approximate surface area is 62.4 Å². The van der Waals surface area contributed by atoms with Crippen molar-refractivity contribution in [2.75, 3.05) is 19.6 Å². The molecule has 10 heavy (non-hydrogen) atoms. The van der Waals surface area contributed by atoms with Crippen LogP contribution in [0.1, 0.15) is 19.3 Å². The van der Waals surface area contributed by atoms with Crippen molar-refractivity contribution in [1.82, 2.24) is 10.6 Å². The molecule has 2 heteroatoms. The molecule has 1 heterocycles. The lowest BCUT2D eigenvalue weighted by atomic mass is 9.79. The highest BCUT2D eigenvalue weighted by atomic mass is 15.0. The van der Waals surface area contributed by atoms with Gasteiger partial charge in [-0.2, -0.15) is 0 Å². The topological polar surface area (TPSA) is 24.1 Å². The molecule has 0 aromatic carbocycles. The largest absolute Gasteiger partial charge is 0.316 e. The van der Waals surface area contributed by atoms with E-state index in [1.807, 2.05) is 0 Å². The molecule has 2 unspecified atom stereocenters. The maximum absolute atomic E-state index is 3.58. The Balaban J connectivity index is 1.83. The van der Waals surface area contributed by atoms with Gasteiger partial charge in [-0.05, 0) is 44.8 Å². The third kappa shape index (κ3) is 1.18. The lowest BCUT2D eigenvalue weighted by molar-refractivity contribution is 0.193. The van der Waals surface area contributed by atoms with Gasteiger partial charge in [0.05, 0.1) is 0 Å². The molecule has 2 atom stereocenters. The molecule has 58 valence electrons. The number of hydrogen-bond acceptors (Lipinski definition) is 2. The van der Waals surface area contributed by atoms with Crippen molar-refractivity contribution in [2.24, 2.45) is 5.92 Å². The van der Waals surface area contributed by atoms with Crippen LogP contribution in [0.3, 0.4) is 0 Å². The van der Waals surface area contributed by atoms with Gasteiger partial charge < -0.3 is 10.6 Å². The normalized spacial score (nSPS) is 40.8. The molecule has 1 saturated carbocycles. The molecule has 2 rings (SSSR count). The van der Waals surface area contributed by atoms with E-state index < -0.39 is 0 Å². The maximum Gasteiger partial charge on any atom is 0.0108 e. The van der Waals surface area contributed by atoms with Crippen molar-refractivity contribution in [3.05, 3.63) is 0 Å². The summed E-state index contributed by atoms with van der Waals surface area (Å²) in [6, 6.07) is 0.854. The highest BCUT2D eigenvalue weighted by molar-refractivity contribution is 4.88. The average molecular weight is 140 g/mol. The Bertz CT molecular complexity index is 99.8. The van der Waals surface area contributed by atoms with Crippen LogP contribution in [-0.4, -0.2) is 25.7 Å². The molecule has 2 nitrogen and oxygen atoms in total. The fourth-order valence-electron chi connectivity index (χ4n) is 1.87. The number of rotatable bonds is 0. The Kier molecular flexibility index (Phi) is 1.91. The summed E-state index contributed by atoms with van der Waals surface area (Å²) < 4.78 is 0. The molecule has 1 aliphatic carbocycles. The monoisotopic (exact) mass is 140 g/mol. The second kappa shape index (κ2) is 2.89. The lowest BCUT2D eigenvalue weighted by Gasteiger charge is -2.39. The van der Waals surface area contributed by atoms with Crippen LogP contribution in [0.25, 0.3) is 0 Å². The number of fused-ring (bicyclic) bond motifs is 1. The van der Waals surface area contributed by atoms with E-state index in [4.69, 9.17) is 0 Å². The van der Waals surface area contributed by atoms with Crippen LogP contribution in [0.15, 0.2) is 0 Å². The van der Waals surface area contributed by atoms with Gasteiger partial charge in [0.25, 0.3) is 0 Å². The highest BCUT2D eigenvalue weighted by Crippen LogP contribution is 2.26. The molecule has 2 fully saturated rings. The molecule has 0 amide bonds. The average Bonchev–Trinajstić information content (AvgIpc) is 1.89. The molecule has 1 saturated heterocycles. The van der Waals surface area contributed by atoms with E-state index in [2.05, 4.69) is 10.6 Å². The molecule has 1 aliphatic heterocycles. The quantitative estimate of drug-likeness (QED) is 0.507. The van der Waals surface area contributed by atoms with Crippen LogP contribution >= 0.6 is 0 Å². The van der Waals surface area contributed by atoms with Crippen LogP contribution in [-0.2, 0) is 0 Å². The summed E-state index contributed by atoms with van der Waals surface area (Å²) in [5.41, 5.74) is 0. The van der Waals surface area contributed by atoms with Crippen LogP contribution in [0.5, 0.6) is 0 Å². The van der Waals surface area contributed by atoms with Gasteiger partial charge in [0.15, 0.2) is 0 Å². The smallest absolute Gasteiger partial charge is 0.0108 e. The molecular formula is C8H16N2. The first-order valence-electron chi connectivity index (χ1n) is 4.41. The first kappa shape index (κ1) is 6.62. The van der Waals surface area contributed by atoms with Gasteiger partial charge in [0, 0.05) is 6.04 Å². The second-order valence-corrected chi connectivity index (χ2v) is 3.46. The van der Waals surface area contributed by atoms with Crippen molar-refractivity contribution < 1.29 is 0 Å². The van der Waals surface area contributed by atoms with Gasteiger partial charge in [-0.25, -0.2) is 0 Å². The van der Waals surface area contributed by atoms with E-state index in [0.717, 1.165) is 12.0 Å². The van der Waals surface area contributed by atoms with Gasteiger partial charge in [0.1, 0.15) is 0 Å². The van der Waals surface area contributed by atoms with Gasteiger partial charge >= 0.3 is 0 Å². The zero-order valence-corrected chi connectivity index (χ0v) is 6.40. The molecule has 2 N–H and O–H groups in total. The summed E-state index contributed by atoms with van der Waals surface area (Å²) in [5.74, 6) is 0.945. The predicted molar refractivity (Wildman–Crippen MR) is 42.0 cm³/mol. The SMILES string of the molecule is C1CNCC2CCC2NC1. The lowest BCUT2D eigenvalue weighted by Crippen LogP contribution is -2.50. The molecular weight excluding hydrogens is 124 g/mol. The molecule has 0 spiro atoms. The molecule has 2 aliphatic rings. The van der Waals surface area contributed by atoms with Gasteiger partial charge in [0.2, 0.25) is 0 Å². The Morgan fingerprint density at radius 3 is 2.90 bits per heavy atom. The van der Waals surface area contributed by atoms with Gasteiger partial charge in [-0.1, -0.05) is 0 Å². The minimum absolute atomic E-state index is 0.854. The predicted octanol–water partition coefficient (Wildman–Crippen LogP) is 0.348. The Morgan fingerprint density at radius 2 is 2.10 bits per heavy atom. The van der Waals surface area contributed by atoms with Crippen molar-refractivity contribution >= 4 is 0 Å². The minimum atomic E-state index is 0.854. The molecule has 0 bridgehead atoms. The van der Waals surface area contributed by atoms with Crippen molar-refractivity contribution in [1.29, 1.82) is 0 Å². The van der Waals surface area contributed by atoms with E-state index in [1.165, 1.54) is 38.9 Å². The van der Waals surface area contributed by atoms with E-state index in [9.17, 15) is 0 Å². The van der Waals surface area contributed by atoms with Gasteiger partial charge in [-0.3, -0.25) is 0 Å². The van der Waals surface area contributed by atoms with Crippen LogP contribution in [0.4, 0.5) is 0 Å². The zero-order valence-electron chi connectivity index (χ0n) is 6.40. The van der Waals surface area contributed by atoms with E-state index >= 15 is 0 Å². The first-order valence-corrected chi connectivity index (χ1v) is 4.41. The first-order chi connectivity index (χ1) is 4.97. The van der Waals surface area contributed by atoms with Crippen molar-refractivity contribution in [2.45, 2.75) is 25.3 Å². The second-order valence-electron chi connectivity index (χ2n) is 3.46. The highest BCUT2D eigenvalue weighted by Gasteiger charge is 2.30. The third-order valence-electron chi connectivity index (χ3n) is 2.76. The zero-order chi connectivity index (χ0) is 6.81. The van der Waals surface area contributed by atoms with Crippen LogP contribution < -0.4 is 10.6 Å².